The van der Waals surface area contributed by atoms with Crippen LogP contribution >= 0.6 is 0 Å². The van der Waals surface area contributed by atoms with E-state index in [9.17, 15) is 0 Å². The molecule has 0 saturated heterocycles. The Balaban J connectivity index is 0.964. The number of aromatic nitrogens is 1. The summed E-state index contributed by atoms with van der Waals surface area (Å²) in [6, 6.07) is 102. The average Bonchev–Trinajstić information content (AvgIpc) is 3.92. The summed E-state index contributed by atoms with van der Waals surface area (Å²) < 4.78 is 2.47. The summed E-state index contributed by atoms with van der Waals surface area (Å²) in [5, 5.41) is 2.47. The van der Waals surface area contributed by atoms with E-state index in [-0.39, 0.29) is 0 Å². The summed E-state index contributed by atoms with van der Waals surface area (Å²) >= 11 is 0. The molecule has 1 heterocycles. The molecule has 0 saturated carbocycles. The van der Waals surface area contributed by atoms with Gasteiger partial charge in [0.2, 0.25) is 0 Å². The zero-order valence-electron chi connectivity index (χ0n) is 38.0. The highest BCUT2D eigenvalue weighted by atomic mass is 15.1. The van der Waals surface area contributed by atoms with Crippen LogP contribution in [0.4, 0.5) is 17.1 Å². The minimum atomic E-state index is -0.452. The monoisotopic (exact) mass is 878 g/mol. The van der Waals surface area contributed by atoms with Gasteiger partial charge in [0.1, 0.15) is 0 Å². The first-order valence-corrected chi connectivity index (χ1v) is 23.8. The molecule has 2 heteroatoms. The minimum absolute atomic E-state index is 0.452. The first-order chi connectivity index (χ1) is 34.2. The van der Waals surface area contributed by atoms with Crippen molar-refractivity contribution < 1.29 is 0 Å². The summed E-state index contributed by atoms with van der Waals surface area (Å²) in [6.07, 6.45) is 0. The van der Waals surface area contributed by atoms with E-state index < -0.39 is 5.41 Å². The van der Waals surface area contributed by atoms with Crippen LogP contribution in [0, 0.1) is 0 Å². The highest BCUT2D eigenvalue weighted by Crippen LogP contribution is 2.56. The number of nitrogens with zero attached hydrogens (tertiary/aromatic N) is 2. The first kappa shape index (κ1) is 40.3. The maximum absolute atomic E-state index is 2.47. The smallest absolute Gasteiger partial charge is 0.0713 e. The van der Waals surface area contributed by atoms with Gasteiger partial charge in [0, 0.05) is 33.5 Å². The lowest BCUT2D eigenvalue weighted by atomic mass is 9.68. The Morgan fingerprint density at radius 1 is 0.275 bits per heavy atom. The van der Waals surface area contributed by atoms with Crippen molar-refractivity contribution in [1.82, 2.24) is 4.57 Å². The lowest BCUT2D eigenvalue weighted by molar-refractivity contribution is 0.768. The van der Waals surface area contributed by atoms with Gasteiger partial charge in [-0.15, -0.1) is 0 Å². The van der Waals surface area contributed by atoms with Crippen LogP contribution in [0.2, 0.25) is 0 Å². The average molecular weight is 879 g/mol. The minimum Gasteiger partial charge on any atom is -0.310 e. The van der Waals surface area contributed by atoms with E-state index in [1.807, 2.05) is 0 Å². The van der Waals surface area contributed by atoms with Crippen LogP contribution in [0.5, 0.6) is 0 Å². The third-order valence-corrected chi connectivity index (χ3v) is 14.3. The fourth-order valence-electron chi connectivity index (χ4n) is 11.3. The van der Waals surface area contributed by atoms with Crippen LogP contribution in [0.15, 0.2) is 279 Å². The maximum atomic E-state index is 2.47. The zero-order chi connectivity index (χ0) is 45.7. The molecule has 11 aromatic carbocycles. The molecule has 0 unspecified atom stereocenters. The van der Waals surface area contributed by atoms with Gasteiger partial charge in [0.15, 0.2) is 0 Å². The first-order valence-electron chi connectivity index (χ1n) is 23.8. The number of rotatable bonds is 9. The molecule has 13 rings (SSSR count). The second-order valence-corrected chi connectivity index (χ2v) is 18.0. The predicted molar refractivity (Wildman–Crippen MR) is 289 cm³/mol. The van der Waals surface area contributed by atoms with Crippen LogP contribution in [-0.2, 0) is 5.41 Å². The van der Waals surface area contributed by atoms with Crippen molar-refractivity contribution in [3.63, 3.8) is 0 Å². The number of para-hydroxylation sites is 2. The number of hydrogen-bond acceptors (Lipinski definition) is 1. The molecule has 2 nitrogen and oxygen atoms in total. The Morgan fingerprint density at radius 3 is 1.54 bits per heavy atom. The zero-order valence-corrected chi connectivity index (χ0v) is 38.0. The van der Waals surface area contributed by atoms with Crippen molar-refractivity contribution in [1.29, 1.82) is 0 Å². The van der Waals surface area contributed by atoms with E-state index in [0.29, 0.717) is 0 Å². The van der Waals surface area contributed by atoms with Gasteiger partial charge in [0.05, 0.1) is 16.4 Å². The van der Waals surface area contributed by atoms with Gasteiger partial charge in [-0.25, -0.2) is 0 Å². The van der Waals surface area contributed by atoms with Crippen LogP contribution in [-0.4, -0.2) is 4.57 Å². The summed E-state index contributed by atoms with van der Waals surface area (Å²) in [5.74, 6) is 0. The summed E-state index contributed by atoms with van der Waals surface area (Å²) in [6.45, 7) is 0. The normalized spacial score (nSPS) is 12.5. The van der Waals surface area contributed by atoms with E-state index in [1.165, 1.54) is 77.4 Å². The Labute approximate surface area is 403 Å². The molecule has 0 bridgehead atoms. The van der Waals surface area contributed by atoms with Crippen LogP contribution in [0.1, 0.15) is 22.3 Å². The van der Waals surface area contributed by atoms with Gasteiger partial charge in [0.25, 0.3) is 0 Å². The molecule has 0 aliphatic heterocycles. The van der Waals surface area contributed by atoms with E-state index in [0.717, 1.165) is 33.9 Å². The lowest BCUT2D eigenvalue weighted by Gasteiger charge is -2.33. The molecule has 0 amide bonds. The van der Waals surface area contributed by atoms with Crippen molar-refractivity contribution in [2.75, 3.05) is 4.90 Å². The number of hydrogen-bond donors (Lipinski definition) is 0. The third kappa shape index (κ3) is 6.64. The highest BCUT2D eigenvalue weighted by molar-refractivity contribution is 6.10. The quantitative estimate of drug-likeness (QED) is 0.140. The van der Waals surface area contributed by atoms with Crippen LogP contribution in [0.3, 0.4) is 0 Å². The van der Waals surface area contributed by atoms with Crippen LogP contribution < -0.4 is 4.90 Å². The van der Waals surface area contributed by atoms with Crippen molar-refractivity contribution >= 4 is 38.9 Å². The Morgan fingerprint density at radius 2 is 0.812 bits per heavy atom. The van der Waals surface area contributed by atoms with Gasteiger partial charge in [-0.3, -0.25) is 0 Å². The number of anilines is 3. The van der Waals surface area contributed by atoms with E-state index in [4.69, 9.17) is 0 Å². The second-order valence-electron chi connectivity index (χ2n) is 18.0. The number of fused-ring (bicyclic) bond motifs is 6. The van der Waals surface area contributed by atoms with Gasteiger partial charge in [-0.2, -0.15) is 0 Å². The SMILES string of the molecule is c1ccc(-c2ccc(N(c3ccccc3)c3cccc(-c4ccc5c6ccccc6n(-c6ccc7c(c6)-c6ccccc6C7(c6ccccc6)c6ccccc6)c5c4)c3)cc2-c2ccccc2)cc1. The lowest BCUT2D eigenvalue weighted by Crippen LogP contribution is -2.28. The molecular weight excluding hydrogens is 833 g/mol. The van der Waals surface area contributed by atoms with Crippen molar-refractivity contribution in [2.24, 2.45) is 0 Å². The van der Waals surface area contributed by atoms with E-state index in [1.54, 1.807) is 0 Å². The van der Waals surface area contributed by atoms with Crippen LogP contribution in [0.25, 0.3) is 72.0 Å². The molecule has 0 fully saturated rings. The molecular formula is C67H46N2. The summed E-state index contributed by atoms with van der Waals surface area (Å²) in [4.78, 5) is 2.38. The second kappa shape index (κ2) is 16.7. The van der Waals surface area contributed by atoms with Gasteiger partial charge in [-0.1, -0.05) is 218 Å². The Bertz CT molecular complexity index is 3780. The van der Waals surface area contributed by atoms with Crippen molar-refractivity contribution in [3.05, 3.63) is 301 Å². The summed E-state index contributed by atoms with van der Waals surface area (Å²) in [7, 11) is 0. The third-order valence-electron chi connectivity index (χ3n) is 14.3. The molecule has 324 valence electrons. The molecule has 0 spiro atoms. The molecule has 1 aliphatic rings. The van der Waals surface area contributed by atoms with Gasteiger partial charge >= 0.3 is 0 Å². The van der Waals surface area contributed by atoms with Gasteiger partial charge in [-0.05, 0) is 127 Å². The summed E-state index contributed by atoms with van der Waals surface area (Å²) in [5.41, 5.74) is 21.1. The van der Waals surface area contributed by atoms with E-state index in [2.05, 4.69) is 289 Å². The van der Waals surface area contributed by atoms with Gasteiger partial charge < -0.3 is 9.47 Å². The maximum Gasteiger partial charge on any atom is 0.0713 e. The molecule has 1 aliphatic carbocycles. The van der Waals surface area contributed by atoms with Crippen molar-refractivity contribution in [3.8, 4) is 50.2 Å². The fourth-order valence-corrected chi connectivity index (χ4v) is 11.3. The molecule has 1 aromatic heterocycles. The highest BCUT2D eigenvalue weighted by Gasteiger charge is 2.46. The standard InChI is InChI=1S/C67H46N2/c1-6-21-47(22-7-1)57-41-38-55(45-61(57)48-23-8-2-9-24-48)68(53-30-14-5-15-31-53)54-32-20-25-49(43-54)50-37-40-60-59-34-17-19-36-65(59)69(66(60)44-50)56-39-42-64-62(46-56)58-33-16-18-35-63(58)67(64,51-26-10-3-11-27-51)52-28-12-4-13-29-52/h1-46H. The topological polar surface area (TPSA) is 8.17 Å². The molecule has 69 heavy (non-hydrogen) atoms. The Hall–Kier alpha value is -8.98. The van der Waals surface area contributed by atoms with E-state index >= 15 is 0 Å². The largest absolute Gasteiger partial charge is 0.310 e. The molecule has 0 radical (unpaired) electrons. The molecule has 0 N–H and O–H groups in total. The van der Waals surface area contributed by atoms with Crippen molar-refractivity contribution in [2.45, 2.75) is 5.41 Å². The molecule has 0 atom stereocenters. The molecule has 12 aromatic rings. The number of benzene rings is 11. The Kier molecular flexibility index (Phi) is 9.77. The predicted octanol–water partition coefficient (Wildman–Crippen LogP) is 17.6. The fraction of sp³-hybridized carbons (Fsp3) is 0.0149.